The lowest BCUT2D eigenvalue weighted by Gasteiger charge is -2.34. The molecule has 0 radical (unpaired) electrons. The number of rotatable bonds is 5. The largest absolute Gasteiger partial charge is 0.401 e. The smallest absolute Gasteiger partial charge is 0.310 e. The Morgan fingerprint density at radius 2 is 2.00 bits per heavy atom. The van der Waals surface area contributed by atoms with Gasteiger partial charge in [-0.1, -0.05) is 13.8 Å². The van der Waals surface area contributed by atoms with Crippen molar-refractivity contribution in [2.24, 2.45) is 0 Å². The molecule has 1 aliphatic heterocycles. The minimum atomic E-state index is -4.09. The van der Waals surface area contributed by atoms with Crippen molar-refractivity contribution in [2.75, 3.05) is 26.2 Å². The van der Waals surface area contributed by atoms with Gasteiger partial charge in [-0.2, -0.15) is 13.2 Å². The highest BCUT2D eigenvalue weighted by molar-refractivity contribution is 4.94. The van der Waals surface area contributed by atoms with Crippen molar-refractivity contribution in [3.05, 3.63) is 0 Å². The molecular formula is C11H21F3N2. The van der Waals surface area contributed by atoms with Crippen molar-refractivity contribution in [1.82, 2.24) is 10.2 Å². The third kappa shape index (κ3) is 3.94. The quantitative estimate of drug-likeness (QED) is 0.791. The van der Waals surface area contributed by atoms with Gasteiger partial charge in [-0.3, -0.25) is 4.90 Å². The normalized spacial score (nSPS) is 26.6. The average molecular weight is 238 g/mol. The van der Waals surface area contributed by atoms with Crippen LogP contribution in [0.15, 0.2) is 0 Å². The van der Waals surface area contributed by atoms with Crippen molar-refractivity contribution in [2.45, 2.75) is 44.8 Å². The Labute approximate surface area is 95.2 Å². The van der Waals surface area contributed by atoms with Crippen molar-refractivity contribution in [1.29, 1.82) is 0 Å². The van der Waals surface area contributed by atoms with Crippen LogP contribution < -0.4 is 5.32 Å². The molecule has 0 saturated carbocycles. The molecule has 5 heteroatoms. The summed E-state index contributed by atoms with van der Waals surface area (Å²) >= 11 is 0. The molecule has 1 heterocycles. The molecule has 16 heavy (non-hydrogen) atoms. The Morgan fingerprint density at radius 1 is 1.31 bits per heavy atom. The van der Waals surface area contributed by atoms with Gasteiger partial charge in [0.25, 0.3) is 0 Å². The number of nitrogens with one attached hydrogen (secondary N) is 1. The Hall–Kier alpha value is -0.290. The topological polar surface area (TPSA) is 15.3 Å². The van der Waals surface area contributed by atoms with E-state index >= 15 is 0 Å². The van der Waals surface area contributed by atoms with Gasteiger partial charge in [-0.25, -0.2) is 0 Å². The second-order valence-corrected chi connectivity index (χ2v) is 4.58. The van der Waals surface area contributed by atoms with Gasteiger partial charge in [0.05, 0.1) is 6.54 Å². The molecule has 0 aromatic rings. The zero-order valence-corrected chi connectivity index (χ0v) is 10.0. The van der Waals surface area contributed by atoms with Crippen molar-refractivity contribution >= 4 is 0 Å². The summed E-state index contributed by atoms with van der Waals surface area (Å²) in [6.07, 6.45) is -1.15. The molecule has 1 aliphatic rings. The third-order valence-electron chi connectivity index (χ3n) is 3.39. The monoisotopic (exact) mass is 238 g/mol. The molecule has 0 aromatic carbocycles. The van der Waals surface area contributed by atoms with E-state index in [1.54, 1.807) is 6.92 Å². The molecular weight excluding hydrogens is 217 g/mol. The lowest BCUT2D eigenvalue weighted by atomic mass is 9.93. The van der Waals surface area contributed by atoms with Crippen LogP contribution in [0.2, 0.25) is 0 Å². The Morgan fingerprint density at radius 3 is 2.38 bits per heavy atom. The lowest BCUT2D eigenvalue weighted by molar-refractivity contribution is -0.147. The molecule has 0 bridgehead atoms. The number of hydrogen-bond donors (Lipinski definition) is 1. The summed E-state index contributed by atoms with van der Waals surface area (Å²) in [6, 6.07) is 0. The third-order valence-corrected chi connectivity index (χ3v) is 3.39. The molecule has 1 N–H and O–H groups in total. The number of hydrogen-bond acceptors (Lipinski definition) is 2. The van der Waals surface area contributed by atoms with Gasteiger partial charge in [-0.15, -0.1) is 0 Å². The van der Waals surface area contributed by atoms with Gasteiger partial charge < -0.3 is 5.32 Å². The molecule has 1 saturated heterocycles. The van der Waals surface area contributed by atoms with Crippen LogP contribution in [-0.2, 0) is 0 Å². The zero-order valence-electron chi connectivity index (χ0n) is 10.0. The molecule has 0 amide bonds. The first-order valence-electron chi connectivity index (χ1n) is 5.95. The molecule has 0 spiro atoms. The summed E-state index contributed by atoms with van der Waals surface area (Å²) in [5, 5.41) is 3.36. The molecule has 1 fully saturated rings. The molecule has 96 valence electrons. The summed E-state index contributed by atoms with van der Waals surface area (Å²) in [5.41, 5.74) is -0.0960. The van der Waals surface area contributed by atoms with Gasteiger partial charge >= 0.3 is 6.18 Å². The standard InChI is InChI=1S/C11H21F3N2/c1-3-10(6-5-7-15-10)8-16(4-2)9-11(12,13)14/h15H,3-9H2,1-2H3. The van der Waals surface area contributed by atoms with Crippen molar-refractivity contribution < 1.29 is 13.2 Å². The highest BCUT2D eigenvalue weighted by atomic mass is 19.4. The summed E-state index contributed by atoms with van der Waals surface area (Å²) in [5.74, 6) is 0. The molecule has 1 unspecified atom stereocenters. The molecule has 0 aliphatic carbocycles. The highest BCUT2D eigenvalue weighted by Gasteiger charge is 2.37. The summed E-state index contributed by atoms with van der Waals surface area (Å²) in [6.45, 7) is 4.90. The van der Waals surface area contributed by atoms with Crippen LogP contribution in [-0.4, -0.2) is 42.8 Å². The zero-order chi connectivity index (χ0) is 12.2. The molecule has 1 rings (SSSR count). The van der Waals surface area contributed by atoms with E-state index in [0.29, 0.717) is 13.1 Å². The van der Waals surface area contributed by atoms with E-state index in [9.17, 15) is 13.2 Å². The van der Waals surface area contributed by atoms with Crippen LogP contribution in [0, 0.1) is 0 Å². The predicted molar refractivity (Wildman–Crippen MR) is 58.4 cm³/mol. The second kappa shape index (κ2) is 5.36. The van der Waals surface area contributed by atoms with E-state index in [-0.39, 0.29) is 5.54 Å². The molecule has 1 atom stereocenters. The first-order valence-corrected chi connectivity index (χ1v) is 5.95. The summed E-state index contributed by atoms with van der Waals surface area (Å²) in [4.78, 5) is 1.49. The fraction of sp³-hybridized carbons (Fsp3) is 1.00. The second-order valence-electron chi connectivity index (χ2n) is 4.58. The number of nitrogens with zero attached hydrogens (tertiary/aromatic N) is 1. The highest BCUT2D eigenvalue weighted by Crippen LogP contribution is 2.25. The SMILES string of the molecule is CCN(CC(F)(F)F)CC1(CC)CCCN1. The maximum Gasteiger partial charge on any atom is 0.401 e. The maximum atomic E-state index is 12.3. The lowest BCUT2D eigenvalue weighted by Crippen LogP contribution is -2.51. The predicted octanol–water partition coefficient (Wildman–Crippen LogP) is 2.40. The summed E-state index contributed by atoms with van der Waals surface area (Å²) in [7, 11) is 0. The fourth-order valence-corrected chi connectivity index (χ4v) is 2.38. The van der Waals surface area contributed by atoms with E-state index in [1.165, 1.54) is 4.90 Å². The Balaban J connectivity index is 2.54. The van der Waals surface area contributed by atoms with Gasteiger partial charge in [0, 0.05) is 12.1 Å². The van der Waals surface area contributed by atoms with Crippen LogP contribution in [0.5, 0.6) is 0 Å². The molecule has 2 nitrogen and oxygen atoms in total. The van der Waals surface area contributed by atoms with Crippen LogP contribution in [0.1, 0.15) is 33.1 Å². The maximum absolute atomic E-state index is 12.3. The number of alkyl halides is 3. The van der Waals surface area contributed by atoms with Crippen LogP contribution in [0.3, 0.4) is 0 Å². The van der Waals surface area contributed by atoms with Crippen LogP contribution in [0.25, 0.3) is 0 Å². The number of likely N-dealkylation sites (N-methyl/N-ethyl adjacent to an activating group) is 1. The van der Waals surface area contributed by atoms with Crippen LogP contribution >= 0.6 is 0 Å². The van der Waals surface area contributed by atoms with E-state index < -0.39 is 12.7 Å². The Kier molecular flexibility index (Phi) is 4.62. The minimum absolute atomic E-state index is 0.0960. The Bertz CT molecular complexity index is 210. The summed E-state index contributed by atoms with van der Waals surface area (Å²) < 4.78 is 37.0. The van der Waals surface area contributed by atoms with Gasteiger partial charge in [0.1, 0.15) is 0 Å². The average Bonchev–Trinajstić information content (AvgIpc) is 2.64. The van der Waals surface area contributed by atoms with E-state index in [0.717, 1.165) is 25.8 Å². The van der Waals surface area contributed by atoms with Gasteiger partial charge in [-0.05, 0) is 32.4 Å². The fourth-order valence-electron chi connectivity index (χ4n) is 2.38. The van der Waals surface area contributed by atoms with E-state index in [1.807, 2.05) is 6.92 Å². The first-order chi connectivity index (χ1) is 7.41. The first kappa shape index (κ1) is 13.8. The number of halogens is 3. The molecule has 0 aromatic heterocycles. The van der Waals surface area contributed by atoms with E-state index in [4.69, 9.17) is 0 Å². The van der Waals surface area contributed by atoms with E-state index in [2.05, 4.69) is 5.32 Å². The van der Waals surface area contributed by atoms with Crippen LogP contribution in [0.4, 0.5) is 13.2 Å². The van der Waals surface area contributed by atoms with Gasteiger partial charge in [0.2, 0.25) is 0 Å². The van der Waals surface area contributed by atoms with Crippen molar-refractivity contribution in [3.8, 4) is 0 Å². The minimum Gasteiger partial charge on any atom is -0.310 e. The van der Waals surface area contributed by atoms with Gasteiger partial charge in [0.15, 0.2) is 0 Å². The van der Waals surface area contributed by atoms with Crippen molar-refractivity contribution in [3.63, 3.8) is 0 Å².